The van der Waals surface area contributed by atoms with Gasteiger partial charge in [0.05, 0.1) is 6.21 Å². The van der Waals surface area contributed by atoms with Crippen molar-refractivity contribution in [2.45, 2.75) is 0 Å². The van der Waals surface area contributed by atoms with Crippen LogP contribution < -0.4 is 5.43 Å². The Bertz CT molecular complexity index is 1100. The molecule has 0 bridgehead atoms. The third-order valence-electron chi connectivity index (χ3n) is 4.41. The Hall–Kier alpha value is -3.72. The Morgan fingerprint density at radius 1 is 0.704 bits per heavy atom. The summed E-state index contributed by atoms with van der Waals surface area (Å²) < 4.78 is 0. The molecule has 27 heavy (non-hydrogen) atoms. The van der Waals surface area contributed by atoms with E-state index in [9.17, 15) is 4.79 Å². The van der Waals surface area contributed by atoms with Crippen molar-refractivity contribution in [3.8, 4) is 11.1 Å². The fraction of sp³-hybridized carbons (Fsp3) is 0. The average molecular weight is 350 g/mol. The molecular formula is C24H18N2O. The maximum Gasteiger partial charge on any atom is 0.271 e. The number of nitrogens with zero attached hydrogens (tertiary/aromatic N) is 1. The second-order valence-corrected chi connectivity index (χ2v) is 6.25. The number of hydrazone groups is 1. The van der Waals surface area contributed by atoms with Crippen LogP contribution in [0.2, 0.25) is 0 Å². The number of carbonyl (C=O) groups is 1. The zero-order chi connectivity index (χ0) is 18.5. The molecule has 0 atom stereocenters. The Balaban J connectivity index is 1.43. The second-order valence-electron chi connectivity index (χ2n) is 6.25. The van der Waals surface area contributed by atoms with Crippen LogP contribution in [0, 0.1) is 0 Å². The first-order chi connectivity index (χ1) is 13.3. The molecule has 3 nitrogen and oxygen atoms in total. The standard InChI is InChI=1S/C24H18N2O/c27-24(22-14-12-21(13-15-22)19-6-2-1-3-7-19)26-25-17-18-10-11-20-8-4-5-9-23(20)16-18/h1-17H,(H,26,27). The van der Waals surface area contributed by atoms with Gasteiger partial charge in [-0.25, -0.2) is 5.43 Å². The van der Waals surface area contributed by atoms with Crippen LogP contribution in [0.4, 0.5) is 0 Å². The summed E-state index contributed by atoms with van der Waals surface area (Å²) in [4.78, 5) is 12.3. The maximum atomic E-state index is 12.3. The van der Waals surface area contributed by atoms with E-state index in [1.807, 2.05) is 84.9 Å². The molecule has 0 aromatic heterocycles. The minimum atomic E-state index is -0.230. The summed E-state index contributed by atoms with van der Waals surface area (Å²) in [5.74, 6) is -0.230. The topological polar surface area (TPSA) is 41.5 Å². The molecule has 0 heterocycles. The van der Waals surface area contributed by atoms with E-state index in [1.165, 1.54) is 5.39 Å². The molecule has 0 radical (unpaired) electrons. The molecular weight excluding hydrogens is 332 g/mol. The normalized spacial score (nSPS) is 11.0. The number of carbonyl (C=O) groups excluding carboxylic acids is 1. The quantitative estimate of drug-likeness (QED) is 0.395. The van der Waals surface area contributed by atoms with Crippen LogP contribution in [-0.2, 0) is 0 Å². The lowest BCUT2D eigenvalue weighted by atomic mass is 10.0. The minimum Gasteiger partial charge on any atom is -0.267 e. The van der Waals surface area contributed by atoms with Gasteiger partial charge in [0.2, 0.25) is 0 Å². The Morgan fingerprint density at radius 3 is 2.15 bits per heavy atom. The van der Waals surface area contributed by atoms with Crippen LogP contribution >= 0.6 is 0 Å². The predicted molar refractivity (Wildman–Crippen MR) is 111 cm³/mol. The van der Waals surface area contributed by atoms with Gasteiger partial charge in [-0.1, -0.05) is 78.9 Å². The van der Waals surface area contributed by atoms with Crippen LogP contribution in [0.1, 0.15) is 15.9 Å². The molecule has 3 heteroatoms. The van der Waals surface area contributed by atoms with Crippen molar-refractivity contribution >= 4 is 22.9 Å². The zero-order valence-corrected chi connectivity index (χ0v) is 14.7. The lowest BCUT2D eigenvalue weighted by Crippen LogP contribution is -2.17. The van der Waals surface area contributed by atoms with Crippen molar-refractivity contribution in [1.29, 1.82) is 0 Å². The molecule has 0 saturated heterocycles. The van der Waals surface area contributed by atoms with Gasteiger partial charge in [0.15, 0.2) is 0 Å². The van der Waals surface area contributed by atoms with Gasteiger partial charge in [-0.2, -0.15) is 5.10 Å². The van der Waals surface area contributed by atoms with Crippen molar-refractivity contribution in [3.63, 3.8) is 0 Å². The second kappa shape index (κ2) is 7.67. The van der Waals surface area contributed by atoms with E-state index in [4.69, 9.17) is 0 Å². The first-order valence-corrected chi connectivity index (χ1v) is 8.77. The van der Waals surface area contributed by atoms with Crippen molar-refractivity contribution in [2.24, 2.45) is 5.10 Å². The SMILES string of the molecule is O=C(NN=Cc1ccc2ccccc2c1)c1ccc(-c2ccccc2)cc1. The molecule has 130 valence electrons. The van der Waals surface area contributed by atoms with Crippen molar-refractivity contribution in [3.05, 3.63) is 108 Å². The molecule has 0 aliphatic carbocycles. The summed E-state index contributed by atoms with van der Waals surface area (Å²) in [6, 6.07) is 31.8. The van der Waals surface area contributed by atoms with Gasteiger partial charge in [0.25, 0.3) is 5.91 Å². The highest BCUT2D eigenvalue weighted by Crippen LogP contribution is 2.19. The molecule has 1 N–H and O–H groups in total. The predicted octanol–water partition coefficient (Wildman–Crippen LogP) is 5.27. The van der Waals surface area contributed by atoms with E-state index in [2.05, 4.69) is 22.7 Å². The van der Waals surface area contributed by atoms with Gasteiger partial charge < -0.3 is 0 Å². The van der Waals surface area contributed by atoms with Crippen LogP contribution in [0.5, 0.6) is 0 Å². The third kappa shape index (κ3) is 3.93. The highest BCUT2D eigenvalue weighted by Gasteiger charge is 2.04. The molecule has 4 aromatic carbocycles. The largest absolute Gasteiger partial charge is 0.271 e. The molecule has 4 aromatic rings. The number of hydrogen-bond donors (Lipinski definition) is 1. The van der Waals surface area contributed by atoms with Crippen molar-refractivity contribution in [1.82, 2.24) is 5.43 Å². The summed E-state index contributed by atoms with van der Waals surface area (Å²) in [7, 11) is 0. The van der Waals surface area contributed by atoms with Crippen molar-refractivity contribution in [2.75, 3.05) is 0 Å². The van der Waals surface area contributed by atoms with Crippen LogP contribution in [0.15, 0.2) is 102 Å². The van der Waals surface area contributed by atoms with Gasteiger partial charge in [-0.3, -0.25) is 4.79 Å². The first-order valence-electron chi connectivity index (χ1n) is 8.77. The molecule has 0 aliphatic rings. The fourth-order valence-corrected chi connectivity index (χ4v) is 2.96. The summed E-state index contributed by atoms with van der Waals surface area (Å²) in [5.41, 5.74) is 6.30. The lowest BCUT2D eigenvalue weighted by Gasteiger charge is -2.04. The molecule has 0 unspecified atom stereocenters. The number of hydrogen-bond acceptors (Lipinski definition) is 2. The van der Waals surface area contributed by atoms with Gasteiger partial charge in [0, 0.05) is 5.56 Å². The number of fused-ring (bicyclic) bond motifs is 1. The highest BCUT2D eigenvalue weighted by molar-refractivity contribution is 5.96. The third-order valence-corrected chi connectivity index (χ3v) is 4.41. The molecule has 0 spiro atoms. The highest BCUT2D eigenvalue weighted by atomic mass is 16.2. The Labute approximate surface area is 158 Å². The Morgan fingerprint density at radius 2 is 1.37 bits per heavy atom. The van der Waals surface area contributed by atoms with Crippen LogP contribution in [-0.4, -0.2) is 12.1 Å². The molecule has 0 fully saturated rings. The van der Waals surface area contributed by atoms with Gasteiger partial charge in [0.1, 0.15) is 0 Å². The van der Waals surface area contributed by atoms with Gasteiger partial charge in [-0.05, 0) is 45.7 Å². The monoisotopic (exact) mass is 350 g/mol. The number of rotatable bonds is 4. The molecule has 1 amide bonds. The van der Waals surface area contributed by atoms with Gasteiger partial charge in [-0.15, -0.1) is 0 Å². The minimum absolute atomic E-state index is 0.230. The number of benzene rings is 4. The summed E-state index contributed by atoms with van der Waals surface area (Å²) in [6.45, 7) is 0. The van der Waals surface area contributed by atoms with Gasteiger partial charge >= 0.3 is 0 Å². The zero-order valence-electron chi connectivity index (χ0n) is 14.7. The van der Waals surface area contributed by atoms with E-state index in [-0.39, 0.29) is 5.91 Å². The van der Waals surface area contributed by atoms with Crippen LogP contribution in [0.3, 0.4) is 0 Å². The summed E-state index contributed by atoms with van der Waals surface area (Å²) >= 11 is 0. The molecule has 0 saturated carbocycles. The van der Waals surface area contributed by atoms with E-state index >= 15 is 0 Å². The molecule has 0 aliphatic heterocycles. The van der Waals surface area contributed by atoms with Crippen molar-refractivity contribution < 1.29 is 4.79 Å². The number of nitrogens with one attached hydrogen (secondary N) is 1. The van der Waals surface area contributed by atoms with E-state index in [0.717, 1.165) is 22.1 Å². The van der Waals surface area contributed by atoms with Crippen LogP contribution in [0.25, 0.3) is 21.9 Å². The summed E-state index contributed by atoms with van der Waals surface area (Å²) in [6.07, 6.45) is 1.66. The molecule has 4 rings (SSSR count). The smallest absolute Gasteiger partial charge is 0.267 e. The summed E-state index contributed by atoms with van der Waals surface area (Å²) in [5, 5.41) is 6.40. The maximum absolute atomic E-state index is 12.3. The lowest BCUT2D eigenvalue weighted by molar-refractivity contribution is 0.0955. The first kappa shape index (κ1) is 16.7. The number of amides is 1. The average Bonchev–Trinajstić information content (AvgIpc) is 2.74. The van der Waals surface area contributed by atoms with E-state index in [1.54, 1.807) is 6.21 Å². The van der Waals surface area contributed by atoms with E-state index < -0.39 is 0 Å². The Kier molecular flexibility index (Phi) is 4.75. The fourth-order valence-electron chi connectivity index (χ4n) is 2.96. The van der Waals surface area contributed by atoms with E-state index in [0.29, 0.717) is 5.56 Å².